The summed E-state index contributed by atoms with van der Waals surface area (Å²) < 4.78 is 35.9. The molecule has 3 saturated heterocycles. The number of hydrogen-bond donors (Lipinski definition) is 11. The maximum atomic E-state index is 13.8. The van der Waals surface area contributed by atoms with E-state index in [1.54, 1.807) is 0 Å². The van der Waals surface area contributed by atoms with Gasteiger partial charge in [0.25, 0.3) is 0 Å². The summed E-state index contributed by atoms with van der Waals surface area (Å²) in [6, 6.07) is 0. The van der Waals surface area contributed by atoms with Crippen molar-refractivity contribution in [2.45, 2.75) is 204 Å². The summed E-state index contributed by atoms with van der Waals surface area (Å²) >= 11 is 0. The monoisotopic (exact) mass is 956 g/mol. The fourth-order valence-electron chi connectivity index (χ4n) is 14.9. The van der Waals surface area contributed by atoms with Crippen LogP contribution in [0.1, 0.15) is 106 Å². The largest absolute Gasteiger partial charge is 0.479 e. The predicted molar refractivity (Wildman–Crippen MR) is 231 cm³/mol. The van der Waals surface area contributed by atoms with Gasteiger partial charge in [-0.1, -0.05) is 60.1 Å². The number of allylic oxidation sites excluding steroid dienone is 2. The molecule has 4 saturated carbocycles. The highest BCUT2D eigenvalue weighted by Crippen LogP contribution is 2.75. The molecule has 0 aromatic carbocycles. The van der Waals surface area contributed by atoms with Gasteiger partial charge < -0.3 is 84.6 Å². The minimum atomic E-state index is -2.10. The van der Waals surface area contributed by atoms with Crippen LogP contribution in [-0.4, -0.2) is 186 Å². The summed E-state index contributed by atoms with van der Waals surface area (Å²) in [4.78, 5) is 26.3. The van der Waals surface area contributed by atoms with Crippen LogP contribution in [0.15, 0.2) is 11.6 Å². The molecule has 0 aromatic heterocycles. The zero-order valence-corrected chi connectivity index (χ0v) is 39.7. The molecule has 8 aliphatic rings. The van der Waals surface area contributed by atoms with Crippen molar-refractivity contribution in [3.8, 4) is 0 Å². The van der Waals surface area contributed by atoms with Gasteiger partial charge in [-0.25, -0.2) is 4.79 Å². The Morgan fingerprint density at radius 1 is 0.672 bits per heavy atom. The number of carboxylic acids is 1. The number of aliphatic carboxylic acids is 1. The Labute approximate surface area is 391 Å². The number of Topliss-reactive ketones (excluding diaryl/α,β-unsaturated/α-hetero) is 1. The number of carbonyl (C=O) groups excluding carboxylic acids is 1. The van der Waals surface area contributed by atoms with E-state index in [1.807, 2.05) is 6.92 Å². The molecule has 7 fully saturated rings. The number of ketones is 1. The third-order valence-corrected chi connectivity index (χ3v) is 19.3. The van der Waals surface area contributed by atoms with Crippen LogP contribution >= 0.6 is 0 Å². The van der Waals surface area contributed by atoms with Gasteiger partial charge in [0.05, 0.1) is 25.9 Å². The molecule has 0 aromatic rings. The Hall–Kier alpha value is -1.76. The second kappa shape index (κ2) is 18.1. The quantitative estimate of drug-likeness (QED) is 0.101. The third-order valence-electron chi connectivity index (χ3n) is 19.3. The Morgan fingerprint density at radius 2 is 1.25 bits per heavy atom. The van der Waals surface area contributed by atoms with Crippen LogP contribution in [0.25, 0.3) is 0 Å². The van der Waals surface area contributed by atoms with Gasteiger partial charge in [0.2, 0.25) is 0 Å². The van der Waals surface area contributed by atoms with Gasteiger partial charge in [-0.15, -0.1) is 0 Å². The van der Waals surface area contributed by atoms with Crippen molar-refractivity contribution in [3.05, 3.63) is 11.6 Å². The van der Waals surface area contributed by atoms with Crippen LogP contribution in [-0.2, 0) is 38.0 Å². The molecule has 67 heavy (non-hydrogen) atoms. The van der Waals surface area contributed by atoms with Crippen LogP contribution in [0.2, 0.25) is 0 Å². The molecule has 3 aliphatic heterocycles. The molecule has 19 heteroatoms. The molecule has 3 heterocycles. The van der Waals surface area contributed by atoms with E-state index in [0.29, 0.717) is 25.0 Å². The number of hydrogen-bond acceptors (Lipinski definition) is 18. The summed E-state index contributed by atoms with van der Waals surface area (Å²) in [7, 11) is 0. The van der Waals surface area contributed by atoms with Crippen LogP contribution in [0.4, 0.5) is 0 Å². The highest BCUT2D eigenvalue weighted by atomic mass is 16.8. The number of ether oxygens (including phenoxy) is 6. The summed E-state index contributed by atoms with van der Waals surface area (Å²) in [6.45, 7) is 13.7. The minimum Gasteiger partial charge on any atom is -0.479 e. The standard InChI is InChI=1S/C48H76O19/c1-43(2)16-22-21-8-9-26-45(4)12-11-28(46(5,20-51)25(45)10-13-48(26,7)47(21,6)15-14-44(22,3)27(52)17-43)64-42-38(34(58)33(57)36(65-42)39(60)61)67-41-37(32(56)30(54)24(19-50)63-41)66-40-35(59)31(55)29(53)23(18-49)62-40/h8,22-26,28-38,40-42,49-51,53-59H,9-20H2,1-7H3,(H,60,61)/t22-,23-,24-,25+,26-,28-,29-,30+,31+,32+,33+,34+,35-,36+,37-,38-,40+,41+,42-,44-,45-,46-,47-,48-/m1/s1. The first-order chi connectivity index (χ1) is 31.3. The molecule has 5 aliphatic carbocycles. The first-order valence-electron chi connectivity index (χ1n) is 24.3. The molecule has 0 radical (unpaired) electrons. The van der Waals surface area contributed by atoms with Crippen molar-refractivity contribution in [2.24, 2.45) is 50.2 Å². The third kappa shape index (κ3) is 8.01. The second-order valence-corrected chi connectivity index (χ2v) is 23.4. The lowest BCUT2D eigenvalue weighted by Crippen LogP contribution is -2.68. The van der Waals surface area contributed by atoms with E-state index in [1.165, 1.54) is 5.57 Å². The van der Waals surface area contributed by atoms with Gasteiger partial charge in [-0.05, 0) is 90.8 Å². The number of aliphatic hydroxyl groups is 10. The summed E-state index contributed by atoms with van der Waals surface area (Å²) in [6.07, 6.45) is -19.5. The Balaban J connectivity index is 1.08. The second-order valence-electron chi connectivity index (χ2n) is 23.4. The van der Waals surface area contributed by atoms with Gasteiger partial charge in [0.1, 0.15) is 72.9 Å². The normalized spacial score (nSPS) is 54.2. The van der Waals surface area contributed by atoms with Crippen LogP contribution in [0, 0.1) is 50.2 Å². The molecule has 11 N–H and O–H groups in total. The average molecular weight is 957 g/mol. The van der Waals surface area contributed by atoms with Crippen molar-refractivity contribution in [1.29, 1.82) is 0 Å². The molecule has 0 spiro atoms. The number of fused-ring (bicyclic) bond motifs is 7. The predicted octanol–water partition coefficient (Wildman–Crippen LogP) is -0.115. The first kappa shape index (κ1) is 51.6. The van der Waals surface area contributed by atoms with Crippen molar-refractivity contribution < 1.29 is 94.2 Å². The summed E-state index contributed by atoms with van der Waals surface area (Å²) in [5.74, 6) is -0.996. The maximum absolute atomic E-state index is 13.8. The van der Waals surface area contributed by atoms with E-state index in [4.69, 9.17) is 28.4 Å². The van der Waals surface area contributed by atoms with Crippen molar-refractivity contribution >= 4 is 11.8 Å². The smallest absolute Gasteiger partial charge is 0.335 e. The zero-order chi connectivity index (χ0) is 49.1. The van der Waals surface area contributed by atoms with E-state index in [-0.39, 0.29) is 51.4 Å². The molecule has 0 unspecified atom stereocenters. The van der Waals surface area contributed by atoms with E-state index >= 15 is 0 Å². The van der Waals surface area contributed by atoms with Crippen molar-refractivity contribution in [3.63, 3.8) is 0 Å². The van der Waals surface area contributed by atoms with E-state index < -0.39 is 123 Å². The summed E-state index contributed by atoms with van der Waals surface area (Å²) in [5, 5.41) is 118. The van der Waals surface area contributed by atoms with Gasteiger partial charge in [-0.3, -0.25) is 4.79 Å². The van der Waals surface area contributed by atoms with E-state index in [2.05, 4.69) is 47.6 Å². The SMILES string of the molecule is CC1(C)CC(=O)[C@]2(C)CC[C@]3(C)C(=CC[C@@H]4[C@]5(C)CC[C@@H](O[C@@H]6O[C@H](C(=O)O)[C@@H](O)[C@H](O)[C@H]6O[C@@H]6O[C@H](CO)[C@H](O)[C@H](O)[C@H]6O[C@@H]6O[C@H](CO)[C@@H](O)[C@H](O)[C@H]6O)[C@](C)(CO)[C@H]5CC[C@]43C)[C@H]2C1. The number of carbonyl (C=O) groups is 2. The topological polar surface area (TPSA) is 312 Å². The van der Waals surface area contributed by atoms with Gasteiger partial charge in [0.15, 0.2) is 25.0 Å². The number of carboxylic acid groups (broad SMARTS) is 1. The fourth-order valence-corrected chi connectivity index (χ4v) is 14.9. The van der Waals surface area contributed by atoms with E-state index in [9.17, 15) is 65.8 Å². The Morgan fingerprint density at radius 3 is 1.87 bits per heavy atom. The maximum Gasteiger partial charge on any atom is 0.335 e. The summed E-state index contributed by atoms with van der Waals surface area (Å²) in [5.41, 5.74) is -0.597. The molecule has 0 amide bonds. The Bertz CT molecular complexity index is 1880. The number of aliphatic hydroxyl groups excluding tert-OH is 10. The number of rotatable bonds is 10. The van der Waals surface area contributed by atoms with Crippen LogP contribution in [0.5, 0.6) is 0 Å². The zero-order valence-electron chi connectivity index (χ0n) is 39.7. The first-order valence-corrected chi connectivity index (χ1v) is 24.3. The molecule has 24 atom stereocenters. The molecular weight excluding hydrogens is 881 g/mol. The van der Waals surface area contributed by atoms with E-state index in [0.717, 1.165) is 38.5 Å². The van der Waals surface area contributed by atoms with Gasteiger partial charge >= 0.3 is 5.97 Å². The van der Waals surface area contributed by atoms with Gasteiger partial charge in [0, 0.05) is 17.3 Å². The van der Waals surface area contributed by atoms with Crippen LogP contribution < -0.4 is 0 Å². The van der Waals surface area contributed by atoms with Crippen molar-refractivity contribution in [2.75, 3.05) is 19.8 Å². The van der Waals surface area contributed by atoms with Crippen molar-refractivity contribution in [1.82, 2.24) is 0 Å². The lowest BCUT2D eigenvalue weighted by atomic mass is 9.33. The fraction of sp³-hybridized carbons (Fsp3) is 0.917. The molecule has 0 bridgehead atoms. The lowest BCUT2D eigenvalue weighted by molar-refractivity contribution is -0.397. The molecular formula is C48H76O19. The van der Waals surface area contributed by atoms with Crippen LogP contribution in [0.3, 0.4) is 0 Å². The Kier molecular flexibility index (Phi) is 13.9. The molecule has 382 valence electrons. The molecule has 19 nitrogen and oxygen atoms in total. The molecule has 8 rings (SSSR count). The highest BCUT2D eigenvalue weighted by Gasteiger charge is 2.70. The highest BCUT2D eigenvalue weighted by molar-refractivity contribution is 5.87. The van der Waals surface area contributed by atoms with Gasteiger partial charge in [-0.2, -0.15) is 0 Å². The average Bonchev–Trinajstić information content (AvgIpc) is 3.27. The minimum absolute atomic E-state index is 0.0909. The lowest BCUT2D eigenvalue weighted by Gasteiger charge is -2.71.